The third-order valence-corrected chi connectivity index (χ3v) is 4.66. The number of fused-ring (bicyclic) bond motifs is 1. The predicted octanol–water partition coefficient (Wildman–Crippen LogP) is 4.27. The Hall–Kier alpha value is -3.05. The molecule has 2 aromatic heterocycles. The van der Waals surface area contributed by atoms with E-state index in [9.17, 15) is 5.21 Å². The average molecular weight is 366 g/mol. The second-order valence-corrected chi connectivity index (χ2v) is 6.39. The molecule has 6 heteroatoms. The number of hydrogen-bond donors (Lipinski definition) is 0. The molecular formula is C20H16ClN3O2. The monoisotopic (exact) mass is 365 g/mol. The van der Waals surface area contributed by atoms with E-state index in [0.29, 0.717) is 16.4 Å². The van der Waals surface area contributed by atoms with E-state index in [1.54, 1.807) is 20.2 Å². The second kappa shape index (κ2) is 6.35. The summed E-state index contributed by atoms with van der Waals surface area (Å²) < 4.78 is 6.71. The van der Waals surface area contributed by atoms with Gasteiger partial charge in [-0.15, -0.1) is 0 Å². The van der Waals surface area contributed by atoms with Gasteiger partial charge < -0.3 is 9.94 Å². The molecule has 0 atom stereocenters. The summed E-state index contributed by atoms with van der Waals surface area (Å²) >= 11 is 5.99. The molecule has 0 aliphatic carbocycles. The van der Waals surface area contributed by atoms with Crippen molar-refractivity contribution in [1.29, 1.82) is 0 Å². The van der Waals surface area contributed by atoms with Gasteiger partial charge in [0.05, 0.1) is 19.0 Å². The summed E-state index contributed by atoms with van der Waals surface area (Å²) in [7, 11) is 1.63. The highest BCUT2D eigenvalue weighted by atomic mass is 35.5. The molecule has 0 N–H and O–H groups in total. The van der Waals surface area contributed by atoms with Crippen molar-refractivity contribution >= 4 is 17.2 Å². The number of rotatable bonds is 3. The Morgan fingerprint density at radius 3 is 2.31 bits per heavy atom. The van der Waals surface area contributed by atoms with Crippen molar-refractivity contribution < 1.29 is 9.58 Å². The summed E-state index contributed by atoms with van der Waals surface area (Å²) in [6, 6.07) is 16.9. The van der Waals surface area contributed by atoms with Crippen LogP contribution >= 0.6 is 11.6 Å². The standard InChI is InChI=1S/C20H16ClN3O2/c1-13-19(15-3-7-16(21)8-4-15)20-22-18(11-12-23(20)24(13)25)14-5-9-17(26-2)10-6-14/h3-12H,1-2H3. The lowest BCUT2D eigenvalue weighted by molar-refractivity contribution is -0.682. The van der Waals surface area contributed by atoms with Gasteiger partial charge in [0.15, 0.2) is 0 Å². The molecule has 0 aliphatic heterocycles. The Balaban J connectivity index is 1.91. The van der Waals surface area contributed by atoms with E-state index in [-0.39, 0.29) is 0 Å². The highest BCUT2D eigenvalue weighted by Crippen LogP contribution is 2.29. The first-order valence-electron chi connectivity index (χ1n) is 8.10. The van der Waals surface area contributed by atoms with Gasteiger partial charge in [0, 0.05) is 17.5 Å². The van der Waals surface area contributed by atoms with Gasteiger partial charge in [-0.1, -0.05) is 33.1 Å². The smallest absolute Gasteiger partial charge is 0.228 e. The fourth-order valence-corrected chi connectivity index (χ4v) is 3.15. The lowest BCUT2D eigenvalue weighted by atomic mass is 10.1. The summed E-state index contributed by atoms with van der Waals surface area (Å²) in [5.74, 6) is 0.785. The van der Waals surface area contributed by atoms with Crippen molar-refractivity contribution in [2.45, 2.75) is 6.92 Å². The van der Waals surface area contributed by atoms with E-state index in [1.165, 1.54) is 4.52 Å². The van der Waals surface area contributed by atoms with Crippen molar-refractivity contribution in [3.05, 3.63) is 76.7 Å². The Morgan fingerprint density at radius 2 is 1.65 bits per heavy atom. The van der Waals surface area contributed by atoms with Gasteiger partial charge in [0.25, 0.3) is 0 Å². The number of ether oxygens (including phenoxy) is 1. The molecule has 2 heterocycles. The maximum Gasteiger partial charge on any atom is 0.228 e. The van der Waals surface area contributed by atoms with Gasteiger partial charge in [-0.2, -0.15) is 0 Å². The van der Waals surface area contributed by atoms with E-state index >= 15 is 0 Å². The molecule has 0 aliphatic rings. The molecule has 26 heavy (non-hydrogen) atoms. The summed E-state index contributed by atoms with van der Waals surface area (Å²) in [4.78, 5) is 5.60. The minimum Gasteiger partial charge on any atom is -0.595 e. The van der Waals surface area contributed by atoms with Crippen LogP contribution in [-0.4, -0.2) is 16.6 Å². The third-order valence-electron chi connectivity index (χ3n) is 4.40. The molecule has 0 radical (unpaired) electrons. The molecule has 130 valence electrons. The first-order valence-corrected chi connectivity index (χ1v) is 8.48. The van der Waals surface area contributed by atoms with Crippen molar-refractivity contribution in [3.63, 3.8) is 0 Å². The average Bonchev–Trinajstić information content (AvgIpc) is 2.93. The summed E-state index contributed by atoms with van der Waals surface area (Å²) in [6.45, 7) is 1.79. The number of hydrogen-bond acceptors (Lipinski definition) is 3. The third kappa shape index (κ3) is 2.66. The fourth-order valence-electron chi connectivity index (χ4n) is 3.03. The number of nitrogens with zero attached hydrogens (tertiary/aromatic N) is 3. The Kier molecular flexibility index (Phi) is 4.01. The number of methoxy groups -OCH3 is 1. The molecule has 0 saturated carbocycles. The molecule has 0 fully saturated rings. The van der Waals surface area contributed by atoms with Crippen molar-refractivity contribution in [3.8, 4) is 28.1 Å². The molecule has 2 aromatic carbocycles. The minimum absolute atomic E-state index is 0.590. The van der Waals surface area contributed by atoms with Crippen LogP contribution in [-0.2, 0) is 0 Å². The molecule has 0 amide bonds. The Labute approximate surface area is 155 Å². The lowest BCUT2D eigenvalue weighted by Gasteiger charge is -2.04. The SMILES string of the molecule is COc1ccc(-c2ccn3c(n2)c(-c2ccc(Cl)cc2)c(C)[n+]3[O-])cc1. The molecule has 4 rings (SSSR count). The van der Waals surface area contributed by atoms with Crippen molar-refractivity contribution in [2.24, 2.45) is 0 Å². The Morgan fingerprint density at radius 1 is 1.00 bits per heavy atom. The largest absolute Gasteiger partial charge is 0.595 e. The molecule has 5 nitrogen and oxygen atoms in total. The number of halogens is 1. The summed E-state index contributed by atoms with van der Waals surface area (Å²) in [5, 5.41) is 13.2. The van der Waals surface area contributed by atoms with Crippen LogP contribution in [0.15, 0.2) is 60.8 Å². The van der Waals surface area contributed by atoms with E-state index in [4.69, 9.17) is 21.3 Å². The quantitative estimate of drug-likeness (QED) is 0.402. The van der Waals surface area contributed by atoms with E-state index in [1.807, 2.05) is 54.6 Å². The molecule has 0 saturated heterocycles. The van der Waals surface area contributed by atoms with Crippen LogP contribution in [0.3, 0.4) is 0 Å². The maximum atomic E-state index is 12.5. The highest BCUT2D eigenvalue weighted by molar-refractivity contribution is 6.30. The van der Waals surface area contributed by atoms with Gasteiger partial charge in [-0.25, -0.2) is 4.98 Å². The van der Waals surface area contributed by atoms with Gasteiger partial charge in [0.1, 0.15) is 11.3 Å². The van der Waals surface area contributed by atoms with E-state index < -0.39 is 0 Å². The summed E-state index contributed by atoms with van der Waals surface area (Å²) in [5.41, 5.74) is 4.63. The first-order chi connectivity index (χ1) is 12.6. The predicted molar refractivity (Wildman–Crippen MR) is 101 cm³/mol. The molecule has 0 unspecified atom stereocenters. The zero-order valence-electron chi connectivity index (χ0n) is 14.3. The number of aromatic nitrogens is 3. The first kappa shape index (κ1) is 16.4. The highest BCUT2D eigenvalue weighted by Gasteiger charge is 2.22. The van der Waals surface area contributed by atoms with Gasteiger partial charge >= 0.3 is 0 Å². The maximum absolute atomic E-state index is 12.5. The van der Waals surface area contributed by atoms with Crippen molar-refractivity contribution in [2.75, 3.05) is 7.11 Å². The van der Waals surface area contributed by atoms with Crippen LogP contribution < -0.4 is 9.58 Å². The van der Waals surface area contributed by atoms with Crippen LogP contribution in [0.25, 0.3) is 28.0 Å². The second-order valence-electron chi connectivity index (χ2n) is 5.95. The zero-order valence-corrected chi connectivity index (χ0v) is 15.1. The van der Waals surface area contributed by atoms with Gasteiger partial charge in [0.2, 0.25) is 11.3 Å². The minimum atomic E-state index is 0.590. The van der Waals surface area contributed by atoms with E-state index in [2.05, 4.69) is 0 Å². The zero-order chi connectivity index (χ0) is 18.3. The van der Waals surface area contributed by atoms with Gasteiger partial charge in [-0.3, -0.25) is 0 Å². The topological polar surface area (TPSA) is 53.5 Å². The Bertz CT molecular complexity index is 1090. The van der Waals surface area contributed by atoms with Crippen molar-refractivity contribution in [1.82, 2.24) is 9.50 Å². The number of benzene rings is 2. The van der Waals surface area contributed by atoms with Crippen LogP contribution in [0.2, 0.25) is 5.02 Å². The van der Waals surface area contributed by atoms with Crippen LogP contribution in [0.4, 0.5) is 0 Å². The molecule has 0 bridgehead atoms. The van der Waals surface area contributed by atoms with Crippen LogP contribution in [0.1, 0.15) is 5.69 Å². The molecule has 0 spiro atoms. The molecular weight excluding hydrogens is 350 g/mol. The van der Waals surface area contributed by atoms with Crippen LogP contribution in [0, 0.1) is 12.1 Å². The van der Waals surface area contributed by atoms with Gasteiger partial charge in [-0.05, 0) is 48.0 Å². The fraction of sp³-hybridized carbons (Fsp3) is 0.100. The lowest BCUT2D eigenvalue weighted by Crippen LogP contribution is -2.35. The normalized spacial score (nSPS) is 11.0. The summed E-state index contributed by atoms with van der Waals surface area (Å²) in [6.07, 6.45) is 1.74. The van der Waals surface area contributed by atoms with Crippen LogP contribution in [0.5, 0.6) is 5.75 Å². The van der Waals surface area contributed by atoms with E-state index in [0.717, 1.165) is 33.0 Å². The molecule has 4 aromatic rings.